The number of aryl methyl sites for hydroxylation is 5. The number of rotatable bonds is 10. The molecule has 7 aromatic carbocycles. The molecule has 14 heteroatoms. The number of fused-ring (bicyclic) bond motifs is 4. The van der Waals surface area contributed by atoms with Crippen LogP contribution in [0.4, 0.5) is 8.78 Å². The van der Waals surface area contributed by atoms with Crippen LogP contribution in [0.25, 0.3) is 77.9 Å². The second-order valence-electron chi connectivity index (χ2n) is 18.9. The van der Waals surface area contributed by atoms with Gasteiger partial charge in [-0.05, 0) is 143 Å². The van der Waals surface area contributed by atoms with Gasteiger partial charge in [-0.2, -0.15) is 0 Å². The lowest BCUT2D eigenvalue weighted by atomic mass is 10.1. The summed E-state index contributed by atoms with van der Waals surface area (Å²) in [5.41, 5.74) is 11.5. The SMILES string of the molecule is CCCCn1c(=O)c(CC)nc2ccccc21.CCn1c(=O)c(-c2ccc(F)cc2)nc2ccccc21.CCn1c(=O)c(-c2ccc(F)cc2C)nc2ccccc21.O=c1c(-c2ccccc2)nc2ccccc2n1C1CC1. The van der Waals surface area contributed by atoms with E-state index in [0.717, 1.165) is 81.9 Å². The van der Waals surface area contributed by atoms with Crippen LogP contribution >= 0.6 is 0 Å². The molecule has 11 aromatic rings. The van der Waals surface area contributed by atoms with Crippen LogP contribution in [0.15, 0.2) is 189 Å². The van der Waals surface area contributed by atoms with Crippen LogP contribution in [-0.2, 0) is 26.1 Å². The Kier molecular flexibility index (Phi) is 16.8. The third kappa shape index (κ3) is 11.5. The van der Waals surface area contributed by atoms with E-state index in [1.807, 2.05) is 157 Å². The van der Waals surface area contributed by atoms with E-state index in [2.05, 4.69) is 26.9 Å². The van der Waals surface area contributed by atoms with Crippen molar-refractivity contribution in [3.63, 3.8) is 0 Å². The van der Waals surface area contributed by atoms with Crippen LogP contribution < -0.4 is 22.2 Å². The molecule has 12 nitrogen and oxygen atoms in total. The molecule has 0 bridgehead atoms. The fourth-order valence-electron chi connectivity index (χ4n) is 9.52. The largest absolute Gasteiger partial charge is 0.305 e. The van der Waals surface area contributed by atoms with Crippen LogP contribution in [0.1, 0.15) is 70.7 Å². The summed E-state index contributed by atoms with van der Waals surface area (Å²) in [5, 5.41) is 0. The Balaban J connectivity index is 0.000000127. The molecular weight excluding hydrogens is 983 g/mol. The summed E-state index contributed by atoms with van der Waals surface area (Å²) >= 11 is 0. The molecule has 0 aliphatic heterocycles. The van der Waals surface area contributed by atoms with Gasteiger partial charge in [0.05, 0.1) is 44.1 Å². The maximum atomic E-state index is 13.3. The first-order valence-corrected chi connectivity index (χ1v) is 26.5. The molecule has 1 saturated carbocycles. The summed E-state index contributed by atoms with van der Waals surface area (Å²) in [6, 6.07) is 51.1. The van der Waals surface area contributed by atoms with E-state index < -0.39 is 0 Å². The van der Waals surface area contributed by atoms with E-state index in [1.165, 1.54) is 24.3 Å². The van der Waals surface area contributed by atoms with E-state index in [9.17, 15) is 28.0 Å². The highest BCUT2D eigenvalue weighted by molar-refractivity contribution is 5.80. The molecule has 1 aliphatic carbocycles. The van der Waals surface area contributed by atoms with Crippen molar-refractivity contribution < 1.29 is 8.78 Å². The zero-order chi connectivity index (χ0) is 54.9. The second-order valence-corrected chi connectivity index (χ2v) is 18.9. The van der Waals surface area contributed by atoms with Crippen LogP contribution in [0.3, 0.4) is 0 Å². The Morgan fingerprint density at radius 2 is 0.910 bits per heavy atom. The molecular formula is C64H60F2N8O4. The standard InChI is InChI=1S/C17H15FN2O.C17H14N2O.C16H13FN2O.C14H18N2O/c1-3-20-15-7-5-4-6-14(15)19-16(17(20)21)13-9-8-12(18)10-11(13)2;20-17-16(12-6-2-1-3-7-12)18-14-8-4-5-9-15(14)19(17)13-10-11-13;1-2-19-14-6-4-3-5-13(14)18-15(16(19)20)11-7-9-12(17)10-8-11;1-3-5-10-16-13-9-7-6-8-12(13)15-11(4-2)14(16)17/h4-10H,3H2,1-2H3;1-9,13H,10-11H2;3-10H,2H2,1H3;6-9H,3-5,10H2,1-2H3. The molecule has 1 fully saturated rings. The van der Waals surface area contributed by atoms with Gasteiger partial charge in [0, 0.05) is 42.4 Å². The molecule has 0 spiro atoms. The second kappa shape index (κ2) is 24.3. The first kappa shape index (κ1) is 53.8. The minimum Gasteiger partial charge on any atom is -0.305 e. The van der Waals surface area contributed by atoms with Gasteiger partial charge in [0.1, 0.15) is 34.4 Å². The number of nitrogens with zero attached hydrogens (tertiary/aromatic N) is 8. The first-order valence-electron chi connectivity index (χ1n) is 26.5. The molecule has 4 heterocycles. The first-order chi connectivity index (χ1) is 37.9. The van der Waals surface area contributed by atoms with Gasteiger partial charge in [0.2, 0.25) is 0 Å². The van der Waals surface area contributed by atoms with Gasteiger partial charge < -0.3 is 18.3 Å². The molecule has 78 heavy (non-hydrogen) atoms. The predicted octanol–water partition coefficient (Wildman–Crippen LogP) is 12.9. The van der Waals surface area contributed by atoms with Crippen LogP contribution in [0.5, 0.6) is 0 Å². The van der Waals surface area contributed by atoms with Crippen LogP contribution in [0, 0.1) is 18.6 Å². The Hall–Kier alpha value is -9.04. The van der Waals surface area contributed by atoms with Crippen molar-refractivity contribution in [1.29, 1.82) is 0 Å². The maximum absolute atomic E-state index is 13.3. The van der Waals surface area contributed by atoms with Crippen LogP contribution in [0.2, 0.25) is 0 Å². The van der Waals surface area contributed by atoms with Crippen molar-refractivity contribution in [3.05, 3.63) is 234 Å². The van der Waals surface area contributed by atoms with Gasteiger partial charge in [-0.1, -0.05) is 99.1 Å². The number of benzene rings is 7. The van der Waals surface area contributed by atoms with Gasteiger partial charge in [-0.15, -0.1) is 0 Å². The topological polar surface area (TPSA) is 140 Å². The van der Waals surface area contributed by atoms with Gasteiger partial charge in [0.15, 0.2) is 0 Å². The smallest absolute Gasteiger partial charge is 0.277 e. The van der Waals surface area contributed by atoms with Crippen molar-refractivity contribution in [3.8, 4) is 33.8 Å². The molecule has 4 aromatic heterocycles. The lowest BCUT2D eigenvalue weighted by Gasteiger charge is -2.11. The van der Waals surface area contributed by atoms with Gasteiger partial charge in [-0.25, -0.2) is 28.7 Å². The average molecular weight is 1040 g/mol. The number of unbranched alkanes of at least 4 members (excludes halogenated alkanes) is 1. The maximum Gasteiger partial charge on any atom is 0.277 e. The quantitative estimate of drug-likeness (QED) is 0.132. The minimum absolute atomic E-state index is 0.0254. The fourth-order valence-corrected chi connectivity index (χ4v) is 9.52. The normalized spacial score (nSPS) is 11.9. The molecule has 0 radical (unpaired) electrons. The lowest BCUT2D eigenvalue weighted by molar-refractivity contribution is 0.623. The summed E-state index contributed by atoms with van der Waals surface area (Å²) in [6.45, 7) is 11.6. The Morgan fingerprint density at radius 3 is 1.44 bits per heavy atom. The van der Waals surface area contributed by atoms with E-state index in [0.29, 0.717) is 65.0 Å². The van der Waals surface area contributed by atoms with E-state index in [4.69, 9.17) is 0 Å². The summed E-state index contributed by atoms with van der Waals surface area (Å²) in [7, 11) is 0. The number of hydrogen-bond donors (Lipinski definition) is 0. The number of hydrogen-bond acceptors (Lipinski definition) is 8. The average Bonchev–Trinajstić information content (AvgIpc) is 4.40. The van der Waals surface area contributed by atoms with Crippen molar-refractivity contribution in [2.45, 2.75) is 92.4 Å². The van der Waals surface area contributed by atoms with Gasteiger partial charge in [0.25, 0.3) is 22.2 Å². The summed E-state index contributed by atoms with van der Waals surface area (Å²) in [5.74, 6) is -0.641. The molecule has 394 valence electrons. The van der Waals surface area contributed by atoms with Crippen molar-refractivity contribution >= 4 is 44.1 Å². The zero-order valence-corrected chi connectivity index (χ0v) is 44.4. The molecule has 0 N–H and O–H groups in total. The lowest BCUT2D eigenvalue weighted by Crippen LogP contribution is -2.25. The van der Waals surface area contributed by atoms with Gasteiger partial charge in [-0.3, -0.25) is 19.2 Å². The molecule has 0 saturated heterocycles. The van der Waals surface area contributed by atoms with E-state index in [-0.39, 0.29) is 33.9 Å². The predicted molar refractivity (Wildman–Crippen MR) is 309 cm³/mol. The van der Waals surface area contributed by atoms with E-state index in [1.54, 1.807) is 34.3 Å². The third-order valence-corrected chi connectivity index (χ3v) is 13.6. The summed E-state index contributed by atoms with van der Waals surface area (Å²) in [4.78, 5) is 68.1. The summed E-state index contributed by atoms with van der Waals surface area (Å²) in [6.07, 6.45) is 4.97. The zero-order valence-electron chi connectivity index (χ0n) is 44.4. The molecule has 0 amide bonds. The minimum atomic E-state index is -0.328. The summed E-state index contributed by atoms with van der Waals surface area (Å²) < 4.78 is 33.4. The highest BCUT2D eigenvalue weighted by atomic mass is 19.1. The monoisotopic (exact) mass is 1040 g/mol. The molecule has 12 rings (SSSR count). The number of para-hydroxylation sites is 8. The van der Waals surface area contributed by atoms with Crippen LogP contribution in [-0.4, -0.2) is 38.2 Å². The number of halogens is 2. The van der Waals surface area contributed by atoms with Crippen molar-refractivity contribution in [2.24, 2.45) is 0 Å². The van der Waals surface area contributed by atoms with E-state index >= 15 is 0 Å². The highest BCUT2D eigenvalue weighted by Crippen LogP contribution is 2.36. The molecule has 0 atom stereocenters. The third-order valence-electron chi connectivity index (χ3n) is 13.6. The molecule has 0 unspecified atom stereocenters. The number of aromatic nitrogens is 8. The Morgan fingerprint density at radius 1 is 0.462 bits per heavy atom. The Bertz CT molecular complexity index is 4190. The fraction of sp³-hybridized carbons (Fsp3) is 0.219. The van der Waals surface area contributed by atoms with Gasteiger partial charge >= 0.3 is 0 Å². The Labute approximate surface area is 449 Å². The highest BCUT2D eigenvalue weighted by Gasteiger charge is 2.28. The van der Waals surface area contributed by atoms with Crippen molar-refractivity contribution in [1.82, 2.24) is 38.2 Å². The van der Waals surface area contributed by atoms with Crippen molar-refractivity contribution in [2.75, 3.05) is 0 Å². The molecule has 1 aliphatic rings.